The predicted octanol–water partition coefficient (Wildman–Crippen LogP) is 2.84. The van der Waals surface area contributed by atoms with Crippen molar-refractivity contribution < 1.29 is 14.6 Å². The van der Waals surface area contributed by atoms with Crippen LogP contribution in [0.25, 0.3) is 10.6 Å². The molecule has 0 saturated heterocycles. The Morgan fingerprint density at radius 3 is 2.72 bits per heavy atom. The van der Waals surface area contributed by atoms with Gasteiger partial charge in [-0.15, -0.1) is 11.3 Å². The Morgan fingerprint density at radius 1 is 1.39 bits per heavy atom. The van der Waals surface area contributed by atoms with Crippen LogP contribution in [0.4, 0.5) is 0 Å². The minimum atomic E-state index is -0.783. The second-order valence-corrected chi connectivity index (χ2v) is 4.87. The number of nitrogens with zero attached hydrogens (tertiary/aromatic N) is 1. The zero-order valence-corrected chi connectivity index (χ0v) is 10.7. The number of benzene rings is 1. The molecule has 0 radical (unpaired) electrons. The summed E-state index contributed by atoms with van der Waals surface area (Å²) in [7, 11) is 1.63. The third-order valence-corrected chi connectivity index (χ3v) is 3.58. The number of ether oxygens (including phenoxy) is 1. The Balaban J connectivity index is 2.10. The van der Waals surface area contributed by atoms with Crippen LogP contribution in [0.3, 0.4) is 0 Å². The fourth-order valence-electron chi connectivity index (χ4n) is 1.52. The minimum Gasteiger partial charge on any atom is -0.497 e. The molecule has 0 spiro atoms. The number of methoxy groups -OCH3 is 1. The highest BCUT2D eigenvalue weighted by Crippen LogP contribution is 2.27. The van der Waals surface area contributed by atoms with Gasteiger partial charge in [0.05, 0.1) is 13.5 Å². The second-order valence-electron chi connectivity index (χ2n) is 3.75. The van der Waals surface area contributed by atoms with Crippen LogP contribution in [-0.2, 0) is 11.2 Å². The number of aryl methyl sites for hydroxylation is 1. The van der Waals surface area contributed by atoms with E-state index in [2.05, 4.69) is 4.98 Å². The number of aliphatic carboxylic acids is 1. The first-order valence-electron chi connectivity index (χ1n) is 5.50. The van der Waals surface area contributed by atoms with Gasteiger partial charge < -0.3 is 9.84 Å². The van der Waals surface area contributed by atoms with E-state index in [4.69, 9.17) is 9.84 Å². The summed E-state index contributed by atoms with van der Waals surface area (Å²) in [6, 6.07) is 7.65. The van der Waals surface area contributed by atoms with Crippen LogP contribution in [0.1, 0.15) is 11.3 Å². The Bertz CT molecular complexity index is 533. The summed E-state index contributed by atoms with van der Waals surface area (Å²) in [5, 5.41) is 9.53. The topological polar surface area (TPSA) is 59.4 Å². The molecule has 0 amide bonds. The molecule has 2 aromatic rings. The molecular formula is C13H13NO3S. The molecule has 0 atom stereocenters. The lowest BCUT2D eigenvalue weighted by molar-refractivity contribution is -0.136. The lowest BCUT2D eigenvalue weighted by Crippen LogP contribution is -1.95. The van der Waals surface area contributed by atoms with Crippen LogP contribution in [0, 0.1) is 0 Å². The van der Waals surface area contributed by atoms with Crippen molar-refractivity contribution in [2.24, 2.45) is 0 Å². The van der Waals surface area contributed by atoms with E-state index in [1.807, 2.05) is 24.3 Å². The molecule has 0 aliphatic rings. The first-order chi connectivity index (χ1) is 8.69. The normalized spacial score (nSPS) is 10.3. The van der Waals surface area contributed by atoms with Gasteiger partial charge in [-0.25, -0.2) is 4.98 Å². The summed E-state index contributed by atoms with van der Waals surface area (Å²) in [4.78, 5) is 15.8. The van der Waals surface area contributed by atoms with Crippen molar-refractivity contribution >= 4 is 17.3 Å². The zero-order valence-electron chi connectivity index (χ0n) is 9.92. The number of carboxylic acid groups (broad SMARTS) is 1. The molecule has 94 valence electrons. The summed E-state index contributed by atoms with van der Waals surface area (Å²) < 4.78 is 5.09. The van der Waals surface area contributed by atoms with Crippen LogP contribution >= 0.6 is 11.3 Å². The summed E-state index contributed by atoms with van der Waals surface area (Å²) in [6.45, 7) is 0. The molecule has 0 unspecified atom stereocenters. The molecule has 18 heavy (non-hydrogen) atoms. The van der Waals surface area contributed by atoms with E-state index in [0.29, 0.717) is 6.42 Å². The monoisotopic (exact) mass is 263 g/mol. The van der Waals surface area contributed by atoms with Crippen LogP contribution < -0.4 is 4.74 Å². The first-order valence-corrected chi connectivity index (χ1v) is 6.31. The van der Waals surface area contributed by atoms with Gasteiger partial charge >= 0.3 is 5.97 Å². The van der Waals surface area contributed by atoms with E-state index in [1.165, 1.54) is 11.3 Å². The number of hydrogen-bond acceptors (Lipinski definition) is 4. The highest BCUT2D eigenvalue weighted by atomic mass is 32.1. The van der Waals surface area contributed by atoms with Crippen molar-refractivity contribution in [2.75, 3.05) is 7.11 Å². The summed E-state index contributed by atoms with van der Waals surface area (Å²) >= 11 is 1.53. The summed E-state index contributed by atoms with van der Waals surface area (Å²) in [5.41, 5.74) is 1.02. The van der Waals surface area contributed by atoms with Gasteiger partial charge in [0.15, 0.2) is 0 Å². The number of hydrogen-bond donors (Lipinski definition) is 1. The van der Waals surface area contributed by atoms with Crippen LogP contribution in [0.2, 0.25) is 0 Å². The Kier molecular flexibility index (Phi) is 3.94. The van der Waals surface area contributed by atoms with Gasteiger partial charge in [-0.3, -0.25) is 4.79 Å². The van der Waals surface area contributed by atoms with Gasteiger partial charge in [-0.1, -0.05) is 0 Å². The molecule has 0 aliphatic heterocycles. The van der Waals surface area contributed by atoms with Crippen molar-refractivity contribution in [1.82, 2.24) is 4.98 Å². The smallest absolute Gasteiger partial charge is 0.303 e. The summed E-state index contributed by atoms with van der Waals surface area (Å²) in [5.74, 6) is 0.0239. The third kappa shape index (κ3) is 3.07. The van der Waals surface area contributed by atoms with E-state index in [9.17, 15) is 4.79 Å². The molecule has 5 heteroatoms. The quantitative estimate of drug-likeness (QED) is 0.901. The van der Waals surface area contributed by atoms with E-state index in [1.54, 1.807) is 13.3 Å². The third-order valence-electron chi connectivity index (χ3n) is 2.48. The number of rotatable bonds is 5. The molecular weight excluding hydrogens is 250 g/mol. The minimum absolute atomic E-state index is 0.143. The molecule has 2 rings (SSSR count). The van der Waals surface area contributed by atoms with Gasteiger partial charge in [0.2, 0.25) is 0 Å². The Morgan fingerprint density at radius 2 is 2.11 bits per heavy atom. The maximum atomic E-state index is 10.5. The highest BCUT2D eigenvalue weighted by Gasteiger charge is 2.06. The largest absolute Gasteiger partial charge is 0.497 e. The molecule has 0 bridgehead atoms. The van der Waals surface area contributed by atoms with Gasteiger partial charge in [0.25, 0.3) is 0 Å². The Hall–Kier alpha value is -1.88. The van der Waals surface area contributed by atoms with Crippen LogP contribution in [0.15, 0.2) is 30.5 Å². The average molecular weight is 263 g/mol. The Labute approximate surface area is 109 Å². The SMILES string of the molecule is COc1ccc(-c2ncc(CCC(=O)O)s2)cc1. The summed E-state index contributed by atoms with van der Waals surface area (Å²) in [6.07, 6.45) is 2.42. The zero-order chi connectivity index (χ0) is 13.0. The maximum absolute atomic E-state index is 10.5. The first kappa shape index (κ1) is 12.6. The van der Waals surface area contributed by atoms with Gasteiger partial charge in [0.1, 0.15) is 10.8 Å². The standard InChI is InChI=1S/C13H13NO3S/c1-17-10-4-2-9(3-5-10)13-14-8-11(18-13)6-7-12(15)16/h2-5,8H,6-7H2,1H3,(H,15,16). The van der Waals surface area contributed by atoms with E-state index in [-0.39, 0.29) is 6.42 Å². The number of thiazole rings is 1. The molecule has 1 aromatic carbocycles. The number of aromatic nitrogens is 1. The highest BCUT2D eigenvalue weighted by molar-refractivity contribution is 7.15. The molecule has 4 nitrogen and oxygen atoms in total. The molecule has 0 aliphatic carbocycles. The predicted molar refractivity (Wildman–Crippen MR) is 70.1 cm³/mol. The number of carboxylic acids is 1. The number of carbonyl (C=O) groups is 1. The van der Waals surface area contributed by atoms with Crippen molar-refractivity contribution in [3.63, 3.8) is 0 Å². The van der Waals surface area contributed by atoms with E-state index >= 15 is 0 Å². The lowest BCUT2D eigenvalue weighted by atomic mass is 10.2. The van der Waals surface area contributed by atoms with Crippen molar-refractivity contribution in [2.45, 2.75) is 12.8 Å². The van der Waals surface area contributed by atoms with Crippen LogP contribution in [0.5, 0.6) is 5.75 Å². The molecule has 0 saturated carbocycles. The molecule has 1 aromatic heterocycles. The van der Waals surface area contributed by atoms with Crippen LogP contribution in [-0.4, -0.2) is 23.2 Å². The molecule has 1 heterocycles. The lowest BCUT2D eigenvalue weighted by Gasteiger charge is -2.00. The van der Waals surface area contributed by atoms with E-state index < -0.39 is 5.97 Å². The van der Waals surface area contributed by atoms with Gasteiger partial charge in [0, 0.05) is 16.6 Å². The molecule has 1 N–H and O–H groups in total. The average Bonchev–Trinajstić information content (AvgIpc) is 2.85. The van der Waals surface area contributed by atoms with Gasteiger partial charge in [-0.2, -0.15) is 0 Å². The van der Waals surface area contributed by atoms with Crippen molar-refractivity contribution in [3.05, 3.63) is 35.3 Å². The fraction of sp³-hybridized carbons (Fsp3) is 0.231. The maximum Gasteiger partial charge on any atom is 0.303 e. The molecule has 0 fully saturated rings. The van der Waals surface area contributed by atoms with Crippen molar-refractivity contribution in [3.8, 4) is 16.3 Å². The van der Waals surface area contributed by atoms with Crippen molar-refractivity contribution in [1.29, 1.82) is 0 Å². The van der Waals surface area contributed by atoms with E-state index in [0.717, 1.165) is 21.2 Å². The fourth-order valence-corrected chi connectivity index (χ4v) is 2.44. The second kappa shape index (κ2) is 5.64. The van der Waals surface area contributed by atoms with Gasteiger partial charge in [-0.05, 0) is 30.7 Å².